The fourth-order valence-corrected chi connectivity index (χ4v) is 2.50. The van der Waals surface area contributed by atoms with Gasteiger partial charge in [-0.25, -0.2) is 4.79 Å². The number of carbonyl (C=O) groups is 1. The van der Waals surface area contributed by atoms with Gasteiger partial charge in [0.15, 0.2) is 0 Å². The number of hydrogen-bond donors (Lipinski definition) is 1. The first-order valence-corrected chi connectivity index (χ1v) is 7.64. The minimum absolute atomic E-state index is 0.311. The molecule has 0 saturated carbocycles. The molecule has 1 atom stereocenters. The summed E-state index contributed by atoms with van der Waals surface area (Å²) in [4.78, 5) is 10.3. The fraction of sp³-hybridized carbons (Fsp3) is 0.588. The topological polar surface area (TPSA) is 46.5 Å². The van der Waals surface area contributed by atoms with Gasteiger partial charge in [0, 0.05) is 0 Å². The molecule has 0 saturated heterocycles. The summed E-state index contributed by atoms with van der Waals surface area (Å²) in [6.45, 7) is 2.53. The molecule has 1 N–H and O–H groups in total. The van der Waals surface area contributed by atoms with Crippen LogP contribution in [0.5, 0.6) is 0 Å². The lowest BCUT2D eigenvalue weighted by atomic mass is 9.89. The van der Waals surface area contributed by atoms with E-state index < -0.39 is 6.16 Å². The van der Waals surface area contributed by atoms with E-state index in [2.05, 4.69) is 35.9 Å². The van der Waals surface area contributed by atoms with Crippen LogP contribution >= 0.6 is 0 Å². The molecule has 0 fully saturated rings. The standard InChI is InChI=1S/C17H26O3/c1-2-3-5-10-15(16-11-6-4-7-12-16)13-8-9-14-20-17(18)19/h4,6-7,11-12,15H,2-3,5,8-10,13-14H2,1H3,(H,18,19). The minimum Gasteiger partial charge on any atom is -0.450 e. The van der Waals surface area contributed by atoms with E-state index in [1.165, 1.54) is 31.2 Å². The molecule has 0 aliphatic rings. The van der Waals surface area contributed by atoms with E-state index >= 15 is 0 Å². The molecular formula is C17H26O3. The first-order valence-electron chi connectivity index (χ1n) is 7.64. The Balaban J connectivity index is 2.36. The summed E-state index contributed by atoms with van der Waals surface area (Å²) < 4.78 is 4.54. The van der Waals surface area contributed by atoms with Crippen molar-refractivity contribution >= 4 is 6.16 Å². The normalized spacial score (nSPS) is 12.1. The van der Waals surface area contributed by atoms with E-state index in [1.807, 2.05) is 6.07 Å². The third kappa shape index (κ3) is 7.17. The molecule has 0 aliphatic heterocycles. The first kappa shape index (κ1) is 16.5. The Kier molecular flexibility index (Phi) is 8.52. The van der Waals surface area contributed by atoms with Crippen molar-refractivity contribution in [3.63, 3.8) is 0 Å². The summed E-state index contributed by atoms with van der Waals surface area (Å²) in [5.74, 6) is 0.590. The Morgan fingerprint density at radius 2 is 1.75 bits per heavy atom. The Morgan fingerprint density at radius 3 is 2.35 bits per heavy atom. The maximum absolute atomic E-state index is 10.3. The largest absolute Gasteiger partial charge is 0.505 e. The summed E-state index contributed by atoms with van der Waals surface area (Å²) in [6, 6.07) is 10.6. The average molecular weight is 278 g/mol. The smallest absolute Gasteiger partial charge is 0.450 e. The number of carboxylic acid groups (broad SMARTS) is 1. The molecule has 0 bridgehead atoms. The highest BCUT2D eigenvalue weighted by molar-refractivity contribution is 5.56. The van der Waals surface area contributed by atoms with E-state index in [4.69, 9.17) is 5.11 Å². The lowest BCUT2D eigenvalue weighted by molar-refractivity contribution is 0.0898. The van der Waals surface area contributed by atoms with Crippen LogP contribution in [0.4, 0.5) is 4.79 Å². The number of unbranched alkanes of at least 4 members (excludes halogenated alkanes) is 3. The van der Waals surface area contributed by atoms with Crippen LogP contribution in [0.1, 0.15) is 63.4 Å². The monoisotopic (exact) mass is 278 g/mol. The molecule has 112 valence electrons. The maximum atomic E-state index is 10.3. The van der Waals surface area contributed by atoms with Gasteiger partial charge in [0.05, 0.1) is 6.61 Å². The van der Waals surface area contributed by atoms with Crippen molar-refractivity contribution in [1.29, 1.82) is 0 Å². The van der Waals surface area contributed by atoms with Crippen molar-refractivity contribution in [2.75, 3.05) is 6.61 Å². The minimum atomic E-state index is -1.17. The molecule has 3 heteroatoms. The molecule has 0 aliphatic carbocycles. The van der Waals surface area contributed by atoms with Crippen LogP contribution in [0.3, 0.4) is 0 Å². The number of ether oxygens (including phenoxy) is 1. The zero-order valence-corrected chi connectivity index (χ0v) is 12.4. The average Bonchev–Trinajstić information content (AvgIpc) is 2.46. The van der Waals surface area contributed by atoms with Crippen LogP contribution in [-0.2, 0) is 4.74 Å². The summed E-state index contributed by atoms with van der Waals surface area (Å²) in [6.07, 6.45) is 6.77. The Hall–Kier alpha value is -1.51. The van der Waals surface area contributed by atoms with Crippen LogP contribution in [0.2, 0.25) is 0 Å². The Morgan fingerprint density at radius 1 is 1.10 bits per heavy atom. The molecule has 0 radical (unpaired) electrons. The number of benzene rings is 1. The molecule has 0 heterocycles. The first-order chi connectivity index (χ1) is 9.74. The van der Waals surface area contributed by atoms with Crippen molar-refractivity contribution in [2.24, 2.45) is 0 Å². The van der Waals surface area contributed by atoms with Gasteiger partial charge in [0.25, 0.3) is 0 Å². The van der Waals surface area contributed by atoms with Gasteiger partial charge in [-0.05, 0) is 37.2 Å². The maximum Gasteiger partial charge on any atom is 0.505 e. The molecule has 1 aromatic carbocycles. The highest BCUT2D eigenvalue weighted by Gasteiger charge is 2.10. The van der Waals surface area contributed by atoms with Gasteiger partial charge in [-0.1, -0.05) is 56.5 Å². The van der Waals surface area contributed by atoms with Gasteiger partial charge in [0.2, 0.25) is 0 Å². The molecule has 0 amide bonds. The van der Waals surface area contributed by atoms with Gasteiger partial charge in [-0.2, -0.15) is 0 Å². The Bertz CT molecular complexity index is 362. The van der Waals surface area contributed by atoms with Crippen LogP contribution in [0, 0.1) is 0 Å². The van der Waals surface area contributed by atoms with Gasteiger partial charge < -0.3 is 9.84 Å². The molecule has 0 aromatic heterocycles. The van der Waals surface area contributed by atoms with Crippen LogP contribution in [-0.4, -0.2) is 17.9 Å². The van der Waals surface area contributed by atoms with Crippen molar-refractivity contribution in [3.8, 4) is 0 Å². The van der Waals surface area contributed by atoms with Crippen LogP contribution in [0.15, 0.2) is 30.3 Å². The van der Waals surface area contributed by atoms with E-state index in [0.29, 0.717) is 12.5 Å². The molecule has 1 unspecified atom stereocenters. The quantitative estimate of drug-likeness (QED) is 0.471. The van der Waals surface area contributed by atoms with Gasteiger partial charge >= 0.3 is 6.16 Å². The van der Waals surface area contributed by atoms with E-state index in [0.717, 1.165) is 19.3 Å². The second kappa shape index (κ2) is 10.3. The zero-order chi connectivity index (χ0) is 14.6. The van der Waals surface area contributed by atoms with Crippen molar-refractivity contribution in [1.82, 2.24) is 0 Å². The molecule has 1 aromatic rings. The highest BCUT2D eigenvalue weighted by Crippen LogP contribution is 2.27. The lowest BCUT2D eigenvalue weighted by Gasteiger charge is -2.17. The summed E-state index contributed by atoms with van der Waals surface area (Å²) in [5, 5.41) is 8.42. The zero-order valence-electron chi connectivity index (χ0n) is 12.4. The molecule has 3 nitrogen and oxygen atoms in total. The van der Waals surface area contributed by atoms with E-state index in [9.17, 15) is 4.79 Å². The SMILES string of the molecule is CCCCCC(CCCCOC(=O)O)c1ccccc1. The highest BCUT2D eigenvalue weighted by atomic mass is 16.7. The summed E-state index contributed by atoms with van der Waals surface area (Å²) >= 11 is 0. The second-order valence-corrected chi connectivity index (χ2v) is 5.21. The number of hydrogen-bond acceptors (Lipinski definition) is 2. The summed E-state index contributed by atoms with van der Waals surface area (Å²) in [5.41, 5.74) is 1.41. The third-order valence-electron chi connectivity index (χ3n) is 3.60. The molecule has 0 spiro atoms. The van der Waals surface area contributed by atoms with Crippen LogP contribution < -0.4 is 0 Å². The lowest BCUT2D eigenvalue weighted by Crippen LogP contribution is -2.03. The van der Waals surface area contributed by atoms with Crippen LogP contribution in [0.25, 0.3) is 0 Å². The predicted molar refractivity (Wildman–Crippen MR) is 81.2 cm³/mol. The third-order valence-corrected chi connectivity index (χ3v) is 3.60. The number of rotatable bonds is 10. The molecular weight excluding hydrogens is 252 g/mol. The van der Waals surface area contributed by atoms with E-state index in [-0.39, 0.29) is 0 Å². The van der Waals surface area contributed by atoms with E-state index in [1.54, 1.807) is 0 Å². The molecule has 1 rings (SSSR count). The van der Waals surface area contributed by atoms with Gasteiger partial charge in [-0.3, -0.25) is 0 Å². The van der Waals surface area contributed by atoms with Crippen molar-refractivity contribution < 1.29 is 14.6 Å². The summed E-state index contributed by atoms with van der Waals surface area (Å²) in [7, 11) is 0. The van der Waals surface area contributed by atoms with Gasteiger partial charge in [-0.15, -0.1) is 0 Å². The van der Waals surface area contributed by atoms with Crippen molar-refractivity contribution in [2.45, 2.75) is 57.8 Å². The molecule has 20 heavy (non-hydrogen) atoms. The fourth-order valence-electron chi connectivity index (χ4n) is 2.50. The van der Waals surface area contributed by atoms with Crippen molar-refractivity contribution in [3.05, 3.63) is 35.9 Å². The van der Waals surface area contributed by atoms with Gasteiger partial charge in [0.1, 0.15) is 0 Å². The Labute approximate surface area is 122 Å². The second-order valence-electron chi connectivity index (χ2n) is 5.21. The predicted octanol–water partition coefficient (Wildman–Crippen LogP) is 5.22.